The molecule has 1 amide bonds. The third-order valence-corrected chi connectivity index (χ3v) is 3.61. The maximum absolute atomic E-state index is 12.4. The fraction of sp³-hybridized carbons (Fsp3) is 0.263. The fourth-order valence-electron chi connectivity index (χ4n) is 2.43. The second-order valence-electron chi connectivity index (χ2n) is 5.33. The van der Waals surface area contributed by atoms with Crippen LogP contribution in [0.3, 0.4) is 0 Å². The Kier molecular flexibility index (Phi) is 6.39. The monoisotopic (exact) mass is 343 g/mol. The van der Waals surface area contributed by atoms with Gasteiger partial charge in [0.05, 0.1) is 26.2 Å². The third-order valence-electron chi connectivity index (χ3n) is 3.61. The second-order valence-corrected chi connectivity index (χ2v) is 5.33. The number of hydrogen-bond donors (Lipinski definition) is 2. The number of rotatable bonds is 8. The van der Waals surface area contributed by atoms with Crippen molar-refractivity contribution in [2.24, 2.45) is 0 Å². The lowest BCUT2D eigenvalue weighted by Crippen LogP contribution is -2.30. The molecule has 0 bridgehead atoms. The van der Waals surface area contributed by atoms with Crippen LogP contribution < -0.4 is 14.8 Å². The average Bonchev–Trinajstić information content (AvgIpc) is 2.62. The van der Waals surface area contributed by atoms with Gasteiger partial charge in [-0.2, -0.15) is 0 Å². The van der Waals surface area contributed by atoms with Crippen LogP contribution in [-0.4, -0.2) is 30.7 Å². The van der Waals surface area contributed by atoms with Crippen molar-refractivity contribution in [1.82, 2.24) is 5.32 Å². The average molecular weight is 343 g/mol. The molecular formula is C19H21NO5. The van der Waals surface area contributed by atoms with E-state index in [4.69, 9.17) is 9.47 Å². The van der Waals surface area contributed by atoms with Gasteiger partial charge in [0.1, 0.15) is 0 Å². The van der Waals surface area contributed by atoms with Crippen LogP contribution in [0, 0.1) is 0 Å². The fourth-order valence-corrected chi connectivity index (χ4v) is 2.43. The smallest absolute Gasteiger partial charge is 0.305 e. The molecule has 0 aliphatic carbocycles. The van der Waals surface area contributed by atoms with Gasteiger partial charge >= 0.3 is 5.97 Å². The summed E-state index contributed by atoms with van der Waals surface area (Å²) in [5.74, 6) is -0.285. The van der Waals surface area contributed by atoms with Gasteiger partial charge in [-0.05, 0) is 36.8 Å². The molecule has 2 rings (SSSR count). The van der Waals surface area contributed by atoms with E-state index in [-0.39, 0.29) is 12.3 Å². The highest BCUT2D eigenvalue weighted by Crippen LogP contribution is 2.31. The first-order chi connectivity index (χ1) is 12.0. The normalized spacial score (nSPS) is 11.4. The van der Waals surface area contributed by atoms with Gasteiger partial charge in [-0.15, -0.1) is 0 Å². The van der Waals surface area contributed by atoms with Gasteiger partial charge in [0.15, 0.2) is 11.5 Å². The summed E-state index contributed by atoms with van der Waals surface area (Å²) in [5, 5.41) is 12.0. The molecule has 0 aliphatic heterocycles. The van der Waals surface area contributed by atoms with Crippen molar-refractivity contribution in [2.75, 3.05) is 13.7 Å². The van der Waals surface area contributed by atoms with Gasteiger partial charge in [-0.25, -0.2) is 0 Å². The number of benzene rings is 2. The van der Waals surface area contributed by atoms with Gasteiger partial charge in [0, 0.05) is 5.56 Å². The number of carbonyl (C=O) groups excluding carboxylic acids is 1. The Hall–Kier alpha value is -3.02. The third kappa shape index (κ3) is 4.97. The molecule has 0 spiro atoms. The largest absolute Gasteiger partial charge is 0.493 e. The number of aliphatic carboxylic acids is 1. The molecule has 1 atom stereocenters. The zero-order valence-corrected chi connectivity index (χ0v) is 14.2. The van der Waals surface area contributed by atoms with Crippen LogP contribution in [0.5, 0.6) is 11.5 Å². The molecule has 0 fully saturated rings. The van der Waals surface area contributed by atoms with E-state index in [1.165, 1.54) is 7.11 Å². The molecule has 0 saturated heterocycles. The molecule has 25 heavy (non-hydrogen) atoms. The zero-order valence-electron chi connectivity index (χ0n) is 14.2. The predicted molar refractivity (Wildman–Crippen MR) is 93.1 cm³/mol. The van der Waals surface area contributed by atoms with Crippen molar-refractivity contribution >= 4 is 11.9 Å². The highest BCUT2D eigenvalue weighted by Gasteiger charge is 2.20. The maximum Gasteiger partial charge on any atom is 0.305 e. The summed E-state index contributed by atoms with van der Waals surface area (Å²) in [6.45, 7) is 2.35. The van der Waals surface area contributed by atoms with Crippen LogP contribution in [-0.2, 0) is 4.79 Å². The van der Waals surface area contributed by atoms with E-state index in [0.29, 0.717) is 29.2 Å². The Morgan fingerprint density at radius 2 is 1.84 bits per heavy atom. The van der Waals surface area contributed by atoms with Crippen LogP contribution in [0.4, 0.5) is 0 Å². The summed E-state index contributed by atoms with van der Waals surface area (Å²) < 4.78 is 10.8. The standard InChI is InChI=1S/C19H21NO5/c1-3-25-16-10-9-14(11-17(16)24-2)15(12-18(21)22)20-19(23)13-7-5-4-6-8-13/h4-11,15H,3,12H2,1-2H3,(H,20,23)(H,21,22)/t15-/m0/s1. The number of ether oxygens (including phenoxy) is 2. The van der Waals surface area contributed by atoms with Crippen molar-refractivity contribution in [2.45, 2.75) is 19.4 Å². The molecule has 6 nitrogen and oxygen atoms in total. The first kappa shape index (κ1) is 18.3. The van der Waals surface area contributed by atoms with Crippen LogP contribution in [0.15, 0.2) is 48.5 Å². The van der Waals surface area contributed by atoms with E-state index >= 15 is 0 Å². The summed E-state index contributed by atoms with van der Waals surface area (Å²) >= 11 is 0. The Bertz CT molecular complexity index is 730. The summed E-state index contributed by atoms with van der Waals surface area (Å²) in [4.78, 5) is 23.6. The molecule has 0 unspecified atom stereocenters. The van der Waals surface area contributed by atoms with E-state index in [1.54, 1.807) is 42.5 Å². The molecule has 132 valence electrons. The molecule has 0 heterocycles. The Balaban J connectivity index is 2.27. The predicted octanol–water partition coefficient (Wildman–Crippen LogP) is 3.04. The topological polar surface area (TPSA) is 84.9 Å². The van der Waals surface area contributed by atoms with Crippen molar-refractivity contribution in [3.05, 3.63) is 59.7 Å². The molecular weight excluding hydrogens is 322 g/mol. The van der Waals surface area contributed by atoms with Gasteiger partial charge in [0.2, 0.25) is 0 Å². The van der Waals surface area contributed by atoms with E-state index < -0.39 is 12.0 Å². The van der Waals surface area contributed by atoms with Crippen molar-refractivity contribution < 1.29 is 24.2 Å². The highest BCUT2D eigenvalue weighted by molar-refractivity contribution is 5.94. The first-order valence-corrected chi connectivity index (χ1v) is 7.93. The van der Waals surface area contributed by atoms with Gasteiger partial charge < -0.3 is 19.9 Å². The van der Waals surface area contributed by atoms with Crippen LogP contribution in [0.1, 0.15) is 35.3 Å². The molecule has 2 aromatic rings. The number of nitrogens with one attached hydrogen (secondary N) is 1. The zero-order chi connectivity index (χ0) is 18.2. The minimum absolute atomic E-state index is 0.240. The maximum atomic E-state index is 12.4. The molecule has 0 aliphatic rings. The summed E-state index contributed by atoms with van der Waals surface area (Å²) in [6.07, 6.45) is -0.240. The van der Waals surface area contributed by atoms with Gasteiger partial charge in [-0.3, -0.25) is 9.59 Å². The van der Waals surface area contributed by atoms with Crippen LogP contribution >= 0.6 is 0 Å². The minimum Gasteiger partial charge on any atom is -0.493 e. The number of amides is 1. The number of methoxy groups -OCH3 is 1. The van der Waals surface area contributed by atoms with E-state index in [1.807, 2.05) is 13.0 Å². The molecule has 2 aromatic carbocycles. The van der Waals surface area contributed by atoms with E-state index in [9.17, 15) is 14.7 Å². The second kappa shape index (κ2) is 8.73. The quantitative estimate of drug-likeness (QED) is 0.769. The summed E-state index contributed by atoms with van der Waals surface area (Å²) in [7, 11) is 1.51. The highest BCUT2D eigenvalue weighted by atomic mass is 16.5. The SMILES string of the molecule is CCOc1ccc([C@H](CC(=O)O)NC(=O)c2ccccc2)cc1OC. The number of carboxylic acids is 1. The van der Waals surface area contributed by atoms with Crippen LogP contribution in [0.2, 0.25) is 0 Å². The minimum atomic E-state index is -1.01. The Labute approximate surface area is 146 Å². The number of carboxylic acid groups (broad SMARTS) is 1. The molecule has 2 N–H and O–H groups in total. The molecule has 6 heteroatoms. The first-order valence-electron chi connectivity index (χ1n) is 7.93. The Morgan fingerprint density at radius 3 is 2.44 bits per heavy atom. The summed E-state index contributed by atoms with van der Waals surface area (Å²) in [5.41, 5.74) is 1.10. The molecule has 0 radical (unpaired) electrons. The van der Waals surface area contributed by atoms with Crippen molar-refractivity contribution in [3.8, 4) is 11.5 Å². The van der Waals surface area contributed by atoms with Gasteiger partial charge in [0.25, 0.3) is 5.91 Å². The lowest BCUT2D eigenvalue weighted by molar-refractivity contribution is -0.137. The lowest BCUT2D eigenvalue weighted by Gasteiger charge is -2.19. The lowest BCUT2D eigenvalue weighted by atomic mass is 10.0. The van der Waals surface area contributed by atoms with Crippen LogP contribution in [0.25, 0.3) is 0 Å². The Morgan fingerprint density at radius 1 is 1.12 bits per heavy atom. The van der Waals surface area contributed by atoms with Crippen molar-refractivity contribution in [1.29, 1.82) is 0 Å². The number of carbonyl (C=O) groups is 2. The van der Waals surface area contributed by atoms with E-state index in [2.05, 4.69) is 5.32 Å². The van der Waals surface area contributed by atoms with Gasteiger partial charge in [-0.1, -0.05) is 24.3 Å². The van der Waals surface area contributed by atoms with Crippen molar-refractivity contribution in [3.63, 3.8) is 0 Å². The summed E-state index contributed by atoms with van der Waals surface area (Å²) in [6, 6.07) is 13.1. The molecule has 0 saturated carbocycles. The van der Waals surface area contributed by atoms with E-state index in [0.717, 1.165) is 0 Å². The molecule has 0 aromatic heterocycles. The number of hydrogen-bond acceptors (Lipinski definition) is 4.